The van der Waals surface area contributed by atoms with E-state index >= 15 is 0 Å². The highest BCUT2D eigenvalue weighted by atomic mass is 19.1. The molecule has 0 aliphatic carbocycles. The lowest BCUT2D eigenvalue weighted by atomic mass is 10.0. The van der Waals surface area contributed by atoms with Gasteiger partial charge < -0.3 is 10.2 Å². The van der Waals surface area contributed by atoms with Crippen LogP contribution in [0.15, 0.2) is 18.2 Å². The van der Waals surface area contributed by atoms with E-state index in [1.807, 2.05) is 13.0 Å². The van der Waals surface area contributed by atoms with Crippen molar-refractivity contribution in [1.29, 1.82) is 0 Å². The van der Waals surface area contributed by atoms with Crippen molar-refractivity contribution in [2.75, 3.05) is 33.7 Å². The molecular weight excluding hydrogens is 269 g/mol. The van der Waals surface area contributed by atoms with Gasteiger partial charge in [0.25, 0.3) is 0 Å². The Morgan fingerprint density at radius 2 is 2.19 bits per heavy atom. The number of halogens is 1. The third-order valence-corrected chi connectivity index (χ3v) is 4.19. The lowest BCUT2D eigenvalue weighted by Gasteiger charge is -2.40. The summed E-state index contributed by atoms with van der Waals surface area (Å²) < 4.78 is 13.8. The molecule has 0 bridgehead atoms. The normalized spacial score (nSPS) is 21.1. The van der Waals surface area contributed by atoms with Gasteiger partial charge in [-0.1, -0.05) is 12.1 Å². The van der Waals surface area contributed by atoms with E-state index in [4.69, 9.17) is 0 Å². The number of carbonyl (C=O) groups excluding carboxylic acids is 1. The van der Waals surface area contributed by atoms with Crippen molar-refractivity contribution in [2.24, 2.45) is 0 Å². The lowest BCUT2D eigenvalue weighted by Crippen LogP contribution is -2.58. The van der Waals surface area contributed by atoms with Crippen LogP contribution >= 0.6 is 0 Å². The highest BCUT2D eigenvalue weighted by molar-refractivity contribution is 5.81. The van der Waals surface area contributed by atoms with Gasteiger partial charge in [0.05, 0.1) is 0 Å². The largest absolute Gasteiger partial charge is 0.347 e. The molecule has 1 aliphatic heterocycles. The molecule has 5 heteroatoms. The quantitative estimate of drug-likeness (QED) is 0.918. The molecule has 1 aliphatic rings. The Bertz CT molecular complexity index is 518. The summed E-state index contributed by atoms with van der Waals surface area (Å²) in [5, 5.41) is 3.26. The van der Waals surface area contributed by atoms with E-state index in [1.54, 1.807) is 38.1 Å². The number of nitrogens with zero attached hydrogens (tertiary/aromatic N) is 2. The Morgan fingerprint density at radius 1 is 1.48 bits per heavy atom. The molecule has 1 heterocycles. The van der Waals surface area contributed by atoms with Crippen LogP contribution in [0.4, 0.5) is 4.39 Å². The SMILES string of the molecule is Cc1ccc(C(C)N2CCNCC2C(=O)N(C)C)cc1F. The van der Waals surface area contributed by atoms with Crippen molar-refractivity contribution >= 4 is 5.91 Å². The number of carbonyl (C=O) groups is 1. The third-order valence-electron chi connectivity index (χ3n) is 4.19. The first kappa shape index (κ1) is 15.9. The third kappa shape index (κ3) is 3.41. The van der Waals surface area contributed by atoms with Crippen LogP contribution in [0.5, 0.6) is 0 Å². The molecule has 4 nitrogen and oxygen atoms in total. The Morgan fingerprint density at radius 3 is 2.81 bits per heavy atom. The Kier molecular flexibility index (Phi) is 4.96. The second kappa shape index (κ2) is 6.54. The fourth-order valence-corrected chi connectivity index (χ4v) is 2.77. The number of benzene rings is 1. The van der Waals surface area contributed by atoms with Crippen LogP contribution in [0.1, 0.15) is 24.1 Å². The molecule has 2 unspecified atom stereocenters. The van der Waals surface area contributed by atoms with Crippen molar-refractivity contribution in [3.05, 3.63) is 35.1 Å². The van der Waals surface area contributed by atoms with E-state index < -0.39 is 0 Å². The summed E-state index contributed by atoms with van der Waals surface area (Å²) in [5.74, 6) is -0.105. The van der Waals surface area contributed by atoms with Gasteiger partial charge in [-0.2, -0.15) is 0 Å². The molecule has 2 atom stereocenters. The highest BCUT2D eigenvalue weighted by Gasteiger charge is 2.33. The van der Waals surface area contributed by atoms with Gasteiger partial charge in [0.15, 0.2) is 0 Å². The predicted molar refractivity (Wildman–Crippen MR) is 81.6 cm³/mol. The summed E-state index contributed by atoms with van der Waals surface area (Å²) in [4.78, 5) is 16.1. The molecule has 1 fully saturated rings. The minimum Gasteiger partial charge on any atom is -0.347 e. The Hall–Kier alpha value is -1.46. The predicted octanol–water partition coefficient (Wildman–Crippen LogP) is 1.56. The first-order chi connectivity index (χ1) is 9.91. The van der Waals surface area contributed by atoms with Crippen LogP contribution in [0.25, 0.3) is 0 Å². The number of rotatable bonds is 3. The topological polar surface area (TPSA) is 35.6 Å². The van der Waals surface area contributed by atoms with Crippen LogP contribution in [-0.4, -0.2) is 55.5 Å². The Labute approximate surface area is 125 Å². The van der Waals surface area contributed by atoms with E-state index in [0.29, 0.717) is 12.1 Å². The maximum absolute atomic E-state index is 13.8. The number of aryl methyl sites for hydroxylation is 1. The van der Waals surface area contributed by atoms with Gasteiger partial charge in [0.1, 0.15) is 11.9 Å². The minimum absolute atomic E-state index is 0.0103. The van der Waals surface area contributed by atoms with Crippen LogP contribution in [0, 0.1) is 12.7 Å². The monoisotopic (exact) mass is 293 g/mol. The van der Waals surface area contributed by atoms with Crippen LogP contribution in [0.2, 0.25) is 0 Å². The van der Waals surface area contributed by atoms with Crippen molar-refractivity contribution in [3.8, 4) is 0 Å². The van der Waals surface area contributed by atoms with Gasteiger partial charge >= 0.3 is 0 Å². The number of hydrogen-bond donors (Lipinski definition) is 1. The summed E-state index contributed by atoms with van der Waals surface area (Å²) in [6.45, 7) is 6.05. The lowest BCUT2D eigenvalue weighted by molar-refractivity contribution is -0.136. The molecule has 1 N–H and O–H groups in total. The molecule has 1 amide bonds. The second-order valence-corrected chi connectivity index (χ2v) is 5.88. The van der Waals surface area contributed by atoms with E-state index in [2.05, 4.69) is 10.2 Å². The van der Waals surface area contributed by atoms with Gasteiger partial charge in [0.2, 0.25) is 5.91 Å². The first-order valence-corrected chi connectivity index (χ1v) is 7.35. The molecule has 1 aromatic carbocycles. The molecule has 2 rings (SSSR count). The van der Waals surface area contributed by atoms with Gasteiger partial charge in [-0.25, -0.2) is 4.39 Å². The molecule has 1 saturated heterocycles. The van der Waals surface area contributed by atoms with Crippen molar-refractivity contribution < 1.29 is 9.18 Å². The summed E-state index contributed by atoms with van der Waals surface area (Å²) in [6, 6.07) is 5.14. The van der Waals surface area contributed by atoms with E-state index in [0.717, 1.165) is 18.7 Å². The van der Waals surface area contributed by atoms with Gasteiger partial charge in [-0.3, -0.25) is 9.69 Å². The van der Waals surface area contributed by atoms with Crippen LogP contribution in [-0.2, 0) is 4.79 Å². The zero-order valence-electron chi connectivity index (χ0n) is 13.2. The first-order valence-electron chi connectivity index (χ1n) is 7.35. The smallest absolute Gasteiger partial charge is 0.240 e. The van der Waals surface area contributed by atoms with E-state index in [1.165, 1.54) is 0 Å². The summed E-state index contributed by atoms with van der Waals surface area (Å²) in [7, 11) is 3.54. The van der Waals surface area contributed by atoms with Crippen molar-refractivity contribution in [3.63, 3.8) is 0 Å². The Balaban J connectivity index is 2.23. The van der Waals surface area contributed by atoms with Crippen LogP contribution in [0.3, 0.4) is 0 Å². The maximum Gasteiger partial charge on any atom is 0.240 e. The zero-order valence-corrected chi connectivity index (χ0v) is 13.2. The average molecular weight is 293 g/mol. The van der Waals surface area contributed by atoms with Crippen molar-refractivity contribution in [2.45, 2.75) is 25.9 Å². The molecule has 0 aromatic heterocycles. The van der Waals surface area contributed by atoms with Gasteiger partial charge in [0, 0.05) is 39.8 Å². The zero-order chi connectivity index (χ0) is 15.6. The van der Waals surface area contributed by atoms with Crippen LogP contribution < -0.4 is 5.32 Å². The average Bonchev–Trinajstić information content (AvgIpc) is 2.48. The maximum atomic E-state index is 13.8. The summed E-state index contributed by atoms with van der Waals surface area (Å²) >= 11 is 0. The molecular formula is C16H24FN3O. The fourth-order valence-electron chi connectivity index (χ4n) is 2.77. The second-order valence-electron chi connectivity index (χ2n) is 5.88. The fraction of sp³-hybridized carbons (Fsp3) is 0.562. The van der Waals surface area contributed by atoms with E-state index in [9.17, 15) is 9.18 Å². The molecule has 116 valence electrons. The molecule has 0 spiro atoms. The number of amides is 1. The van der Waals surface area contributed by atoms with Gasteiger partial charge in [-0.15, -0.1) is 0 Å². The number of nitrogens with one attached hydrogen (secondary N) is 1. The minimum atomic E-state index is -0.201. The van der Waals surface area contributed by atoms with Gasteiger partial charge in [-0.05, 0) is 31.0 Å². The summed E-state index contributed by atoms with van der Waals surface area (Å²) in [6.07, 6.45) is 0. The highest BCUT2D eigenvalue weighted by Crippen LogP contribution is 2.25. The van der Waals surface area contributed by atoms with Crippen molar-refractivity contribution in [1.82, 2.24) is 15.1 Å². The molecule has 0 radical (unpaired) electrons. The molecule has 21 heavy (non-hydrogen) atoms. The van der Waals surface area contributed by atoms with E-state index in [-0.39, 0.29) is 23.8 Å². The standard InChI is InChI=1S/C16H24FN3O/c1-11-5-6-13(9-14(11)17)12(2)20-8-7-18-10-15(20)16(21)19(3)4/h5-6,9,12,15,18H,7-8,10H2,1-4H3. The molecule has 0 saturated carbocycles. The molecule has 1 aromatic rings. The summed E-state index contributed by atoms with van der Waals surface area (Å²) in [5.41, 5.74) is 1.56. The number of hydrogen-bond acceptors (Lipinski definition) is 3. The number of likely N-dealkylation sites (N-methyl/N-ethyl adjacent to an activating group) is 1. The number of piperazine rings is 1.